The van der Waals surface area contributed by atoms with Crippen molar-refractivity contribution in [2.45, 2.75) is 52.1 Å². The minimum absolute atomic E-state index is 0. The van der Waals surface area contributed by atoms with Crippen LogP contribution in [-0.2, 0) is 13.0 Å². The first-order valence-electron chi connectivity index (χ1n) is 9.53. The van der Waals surface area contributed by atoms with Crippen LogP contribution in [0.15, 0.2) is 41.1 Å². The third-order valence-corrected chi connectivity index (χ3v) is 5.33. The van der Waals surface area contributed by atoms with Crippen LogP contribution in [0.1, 0.15) is 54.7 Å². The Balaban J connectivity index is 0.00000210. The first-order chi connectivity index (χ1) is 12.7. The molecule has 3 aromatic rings. The second kappa shape index (κ2) is 8.72. The number of nitrogens with one attached hydrogen (secondary N) is 1. The Hall–Kier alpha value is -2.11. The highest BCUT2D eigenvalue weighted by molar-refractivity contribution is 5.85. The van der Waals surface area contributed by atoms with Gasteiger partial charge in [-0.15, -0.1) is 12.4 Å². The maximum Gasteiger partial charge on any atom is 0.170 e. The van der Waals surface area contributed by atoms with E-state index in [4.69, 9.17) is 4.52 Å². The van der Waals surface area contributed by atoms with Gasteiger partial charge in [0.1, 0.15) is 0 Å². The van der Waals surface area contributed by atoms with Crippen LogP contribution in [0.25, 0.3) is 11.3 Å². The lowest BCUT2D eigenvalue weighted by atomic mass is 9.95. The summed E-state index contributed by atoms with van der Waals surface area (Å²) in [5.74, 6) is 0.795. The molecule has 1 unspecified atom stereocenters. The van der Waals surface area contributed by atoms with Crippen molar-refractivity contribution in [1.29, 1.82) is 0 Å². The largest absolute Gasteiger partial charge is 0.356 e. The molecule has 4 rings (SSSR count). The number of aromatic nitrogens is 3. The molecule has 1 fully saturated rings. The van der Waals surface area contributed by atoms with Gasteiger partial charge in [-0.1, -0.05) is 42.8 Å². The Morgan fingerprint density at radius 1 is 1.19 bits per heavy atom. The number of piperidine rings is 1. The van der Waals surface area contributed by atoms with Crippen molar-refractivity contribution in [2.75, 3.05) is 6.54 Å². The monoisotopic (exact) mass is 386 g/mol. The van der Waals surface area contributed by atoms with Crippen LogP contribution in [0.2, 0.25) is 0 Å². The molecule has 1 atom stereocenters. The molecule has 0 radical (unpaired) electrons. The molecule has 144 valence electrons. The smallest absolute Gasteiger partial charge is 0.170 e. The van der Waals surface area contributed by atoms with Gasteiger partial charge in [-0.25, -0.2) is 0 Å². The van der Waals surface area contributed by atoms with Gasteiger partial charge in [0.2, 0.25) is 0 Å². The van der Waals surface area contributed by atoms with Crippen molar-refractivity contribution in [3.8, 4) is 11.3 Å². The molecule has 27 heavy (non-hydrogen) atoms. The molecule has 3 heterocycles. The van der Waals surface area contributed by atoms with Crippen LogP contribution in [0.3, 0.4) is 0 Å². The van der Waals surface area contributed by atoms with Gasteiger partial charge < -0.3 is 4.52 Å². The number of rotatable bonds is 5. The van der Waals surface area contributed by atoms with E-state index in [0.717, 1.165) is 48.6 Å². The summed E-state index contributed by atoms with van der Waals surface area (Å²) >= 11 is 0. The van der Waals surface area contributed by atoms with E-state index < -0.39 is 0 Å². The van der Waals surface area contributed by atoms with Crippen LogP contribution in [0, 0.1) is 6.92 Å². The molecule has 1 aromatic carbocycles. The standard InChI is InChI=1S/C21H26N4O.ClH/c1-3-16-7-9-17(10-8-16)14-25-11-5-4-6-19(25)21-18(13-22-23-21)20-12-15(2)24-26-20;/h7-10,12-13,19H,3-6,11,14H2,1-2H3,(H,22,23);1H. The Kier molecular flexibility index (Phi) is 6.34. The van der Waals surface area contributed by atoms with Gasteiger partial charge in [0.05, 0.1) is 29.2 Å². The molecule has 1 N–H and O–H groups in total. The summed E-state index contributed by atoms with van der Waals surface area (Å²) in [6, 6.07) is 11.3. The number of hydrogen-bond donors (Lipinski definition) is 1. The molecule has 0 spiro atoms. The van der Waals surface area contributed by atoms with Crippen molar-refractivity contribution in [3.05, 3.63) is 59.0 Å². The number of hydrogen-bond acceptors (Lipinski definition) is 4. The van der Waals surface area contributed by atoms with Crippen molar-refractivity contribution in [3.63, 3.8) is 0 Å². The predicted molar refractivity (Wildman–Crippen MR) is 109 cm³/mol. The van der Waals surface area contributed by atoms with E-state index in [9.17, 15) is 0 Å². The van der Waals surface area contributed by atoms with Crippen LogP contribution >= 0.6 is 12.4 Å². The molecule has 0 amide bonds. The molecular formula is C21H27ClN4O. The third kappa shape index (κ3) is 4.25. The summed E-state index contributed by atoms with van der Waals surface area (Å²) in [6.07, 6.45) is 6.56. The summed E-state index contributed by atoms with van der Waals surface area (Å²) in [5, 5.41) is 11.6. The maximum absolute atomic E-state index is 5.49. The first kappa shape index (κ1) is 19.6. The van der Waals surface area contributed by atoms with Gasteiger partial charge in [-0.05, 0) is 43.9 Å². The fourth-order valence-electron chi connectivity index (χ4n) is 3.86. The van der Waals surface area contributed by atoms with E-state index in [-0.39, 0.29) is 12.4 Å². The number of likely N-dealkylation sites (tertiary alicyclic amines) is 1. The summed E-state index contributed by atoms with van der Waals surface area (Å²) in [5.41, 5.74) is 5.82. The Labute approximate surface area is 166 Å². The quantitative estimate of drug-likeness (QED) is 0.663. The number of aryl methyl sites for hydroxylation is 2. The second-order valence-corrected chi connectivity index (χ2v) is 7.18. The molecule has 0 bridgehead atoms. The number of benzene rings is 1. The minimum Gasteiger partial charge on any atom is -0.356 e. The van der Waals surface area contributed by atoms with Gasteiger partial charge in [-0.2, -0.15) is 5.10 Å². The molecule has 2 aromatic heterocycles. The van der Waals surface area contributed by atoms with Crippen LogP contribution < -0.4 is 0 Å². The van der Waals surface area contributed by atoms with Crippen LogP contribution in [0.4, 0.5) is 0 Å². The van der Waals surface area contributed by atoms with Crippen LogP contribution in [0.5, 0.6) is 0 Å². The van der Waals surface area contributed by atoms with Gasteiger partial charge in [-0.3, -0.25) is 10.00 Å². The van der Waals surface area contributed by atoms with Crippen molar-refractivity contribution in [2.24, 2.45) is 0 Å². The number of H-pyrrole nitrogens is 1. The van der Waals surface area contributed by atoms with E-state index in [2.05, 4.69) is 51.4 Å². The lowest BCUT2D eigenvalue weighted by molar-refractivity contribution is 0.137. The number of aromatic amines is 1. The van der Waals surface area contributed by atoms with E-state index in [1.54, 1.807) is 0 Å². The topological polar surface area (TPSA) is 58.0 Å². The molecule has 0 saturated carbocycles. The van der Waals surface area contributed by atoms with Gasteiger partial charge in [0.25, 0.3) is 0 Å². The lowest BCUT2D eigenvalue weighted by Gasteiger charge is -2.35. The Morgan fingerprint density at radius 3 is 2.67 bits per heavy atom. The molecular weight excluding hydrogens is 360 g/mol. The SMILES string of the molecule is CCc1ccc(CN2CCCCC2c2[nH]ncc2-c2cc(C)no2)cc1.Cl. The van der Waals surface area contributed by atoms with E-state index in [1.807, 2.05) is 19.2 Å². The summed E-state index contributed by atoms with van der Waals surface area (Å²) < 4.78 is 5.49. The zero-order valence-corrected chi connectivity index (χ0v) is 16.8. The summed E-state index contributed by atoms with van der Waals surface area (Å²) in [4.78, 5) is 2.56. The number of nitrogens with zero attached hydrogens (tertiary/aromatic N) is 3. The molecule has 1 aliphatic heterocycles. The Bertz CT molecular complexity index is 855. The molecule has 6 heteroatoms. The van der Waals surface area contributed by atoms with Crippen molar-refractivity contribution in [1.82, 2.24) is 20.3 Å². The van der Waals surface area contributed by atoms with Gasteiger partial charge in [0.15, 0.2) is 5.76 Å². The average Bonchev–Trinajstić information content (AvgIpc) is 3.31. The van der Waals surface area contributed by atoms with E-state index in [1.165, 1.54) is 24.0 Å². The molecule has 1 saturated heterocycles. The summed E-state index contributed by atoms with van der Waals surface area (Å²) in [6.45, 7) is 6.21. The molecule has 1 aliphatic rings. The van der Waals surface area contributed by atoms with Crippen molar-refractivity contribution >= 4 is 12.4 Å². The van der Waals surface area contributed by atoms with E-state index >= 15 is 0 Å². The van der Waals surface area contributed by atoms with Crippen molar-refractivity contribution < 1.29 is 4.52 Å². The van der Waals surface area contributed by atoms with Gasteiger partial charge in [0, 0.05) is 12.6 Å². The zero-order valence-electron chi connectivity index (χ0n) is 15.9. The fraction of sp³-hybridized carbons (Fsp3) is 0.429. The average molecular weight is 387 g/mol. The highest BCUT2D eigenvalue weighted by atomic mass is 35.5. The predicted octanol–water partition coefficient (Wildman–Crippen LogP) is 5.08. The highest BCUT2D eigenvalue weighted by Crippen LogP contribution is 2.36. The molecule has 5 nitrogen and oxygen atoms in total. The minimum atomic E-state index is 0. The third-order valence-electron chi connectivity index (χ3n) is 5.33. The van der Waals surface area contributed by atoms with Gasteiger partial charge >= 0.3 is 0 Å². The zero-order chi connectivity index (χ0) is 17.9. The second-order valence-electron chi connectivity index (χ2n) is 7.18. The fourth-order valence-corrected chi connectivity index (χ4v) is 3.86. The highest BCUT2D eigenvalue weighted by Gasteiger charge is 2.28. The van der Waals surface area contributed by atoms with Crippen LogP contribution in [-0.4, -0.2) is 26.8 Å². The summed E-state index contributed by atoms with van der Waals surface area (Å²) in [7, 11) is 0. The lowest BCUT2D eigenvalue weighted by Crippen LogP contribution is -2.33. The van der Waals surface area contributed by atoms with E-state index in [0.29, 0.717) is 6.04 Å². The normalized spacial score (nSPS) is 17.6. The molecule has 0 aliphatic carbocycles. The maximum atomic E-state index is 5.49. The number of halogens is 1. The first-order valence-corrected chi connectivity index (χ1v) is 9.53. The Morgan fingerprint density at radius 2 is 1.96 bits per heavy atom.